The molecule has 0 aliphatic carbocycles. The van der Waals surface area contributed by atoms with E-state index in [4.69, 9.17) is 0 Å². The molecule has 2 rings (SSSR count). The van der Waals surface area contributed by atoms with Gasteiger partial charge in [-0.15, -0.1) is 0 Å². The molecule has 1 aromatic carbocycles. The molecule has 0 radical (unpaired) electrons. The minimum Gasteiger partial charge on any atom is -0.311 e. The molecule has 0 bridgehead atoms. The highest BCUT2D eigenvalue weighted by atomic mass is 32.2. The molecule has 23 heavy (non-hydrogen) atoms. The van der Waals surface area contributed by atoms with Gasteiger partial charge in [0.2, 0.25) is 15.9 Å². The quantitative estimate of drug-likeness (QED) is 0.856. The van der Waals surface area contributed by atoms with Crippen LogP contribution in [-0.2, 0) is 14.8 Å². The number of hydrogen-bond donors (Lipinski definition) is 1. The predicted octanol–water partition coefficient (Wildman–Crippen LogP) is 1.91. The number of benzene rings is 1. The van der Waals surface area contributed by atoms with Gasteiger partial charge in [-0.3, -0.25) is 9.18 Å². The third-order valence-corrected chi connectivity index (χ3v) is 5.23. The van der Waals surface area contributed by atoms with E-state index in [-0.39, 0.29) is 23.9 Å². The largest absolute Gasteiger partial charge is 0.311 e. The third kappa shape index (κ3) is 4.48. The van der Waals surface area contributed by atoms with Gasteiger partial charge in [0.05, 0.1) is 12.4 Å². The van der Waals surface area contributed by atoms with E-state index in [1.807, 2.05) is 0 Å². The van der Waals surface area contributed by atoms with Crippen LogP contribution in [0.5, 0.6) is 0 Å². The van der Waals surface area contributed by atoms with Crippen LogP contribution in [0.4, 0.5) is 14.5 Å². The van der Waals surface area contributed by atoms with Crippen molar-refractivity contribution in [2.24, 2.45) is 0 Å². The van der Waals surface area contributed by atoms with Crippen LogP contribution in [0.3, 0.4) is 0 Å². The van der Waals surface area contributed by atoms with Gasteiger partial charge in [-0.25, -0.2) is 17.5 Å². The smallest absolute Gasteiger partial charge is 0.245 e. The first-order valence-corrected chi connectivity index (χ1v) is 9.13. The maximum atomic E-state index is 13.2. The fraction of sp³-hybridized carbons (Fsp3) is 0.533. The van der Waals surface area contributed by atoms with Crippen LogP contribution in [0, 0.1) is 12.7 Å². The van der Waals surface area contributed by atoms with E-state index >= 15 is 0 Å². The van der Waals surface area contributed by atoms with E-state index in [1.54, 1.807) is 6.92 Å². The van der Waals surface area contributed by atoms with Gasteiger partial charge in [-0.1, -0.05) is 0 Å². The average Bonchev–Trinajstić information content (AvgIpc) is 2.48. The van der Waals surface area contributed by atoms with Crippen molar-refractivity contribution in [3.63, 3.8) is 0 Å². The third-order valence-electron chi connectivity index (χ3n) is 3.76. The minimum atomic E-state index is -3.70. The zero-order chi connectivity index (χ0) is 17.0. The number of anilines is 1. The second-order valence-electron chi connectivity index (χ2n) is 5.59. The fourth-order valence-corrected chi connectivity index (χ4v) is 3.92. The van der Waals surface area contributed by atoms with Crippen molar-refractivity contribution >= 4 is 21.6 Å². The molecular weight excluding hydrogens is 326 g/mol. The van der Waals surface area contributed by atoms with Crippen LogP contribution in [0.25, 0.3) is 0 Å². The summed E-state index contributed by atoms with van der Waals surface area (Å²) in [6.45, 7) is 1.43. The first kappa shape index (κ1) is 17.8. The molecule has 1 fully saturated rings. The number of halogens is 2. The molecule has 8 heteroatoms. The van der Waals surface area contributed by atoms with Crippen molar-refractivity contribution in [1.82, 2.24) is 4.72 Å². The Morgan fingerprint density at radius 3 is 2.78 bits per heavy atom. The topological polar surface area (TPSA) is 66.5 Å². The van der Waals surface area contributed by atoms with Gasteiger partial charge in [0.15, 0.2) is 0 Å². The van der Waals surface area contributed by atoms with Crippen LogP contribution in [0.1, 0.15) is 24.8 Å². The molecule has 5 nitrogen and oxygen atoms in total. The van der Waals surface area contributed by atoms with Crippen molar-refractivity contribution in [2.45, 2.75) is 32.2 Å². The first-order chi connectivity index (χ1) is 10.8. The van der Waals surface area contributed by atoms with Crippen LogP contribution in [-0.4, -0.2) is 39.3 Å². The van der Waals surface area contributed by atoms with Crippen molar-refractivity contribution < 1.29 is 22.0 Å². The van der Waals surface area contributed by atoms with Crippen molar-refractivity contribution in [1.29, 1.82) is 0 Å². The molecule has 0 aromatic heterocycles. The normalized spacial score (nSPS) is 19.2. The lowest BCUT2D eigenvalue weighted by atomic mass is 10.0. The van der Waals surface area contributed by atoms with E-state index in [2.05, 4.69) is 4.72 Å². The monoisotopic (exact) mass is 346 g/mol. The summed E-state index contributed by atoms with van der Waals surface area (Å²) in [6.07, 6.45) is 0.917. The minimum absolute atomic E-state index is 0.100. The zero-order valence-electron chi connectivity index (χ0n) is 12.9. The van der Waals surface area contributed by atoms with Gasteiger partial charge in [-0.05, 0) is 49.9 Å². The van der Waals surface area contributed by atoms with Gasteiger partial charge >= 0.3 is 0 Å². The zero-order valence-corrected chi connectivity index (χ0v) is 13.7. The summed E-state index contributed by atoms with van der Waals surface area (Å²) >= 11 is 0. The highest BCUT2D eigenvalue weighted by Crippen LogP contribution is 2.25. The van der Waals surface area contributed by atoms with Gasteiger partial charge < -0.3 is 4.90 Å². The fourth-order valence-electron chi connectivity index (χ4n) is 2.67. The van der Waals surface area contributed by atoms with E-state index in [0.717, 1.165) is 0 Å². The number of piperidine rings is 1. The maximum Gasteiger partial charge on any atom is 0.245 e. The Hall–Kier alpha value is -1.54. The van der Waals surface area contributed by atoms with Crippen molar-refractivity contribution in [3.8, 4) is 0 Å². The molecule has 0 spiro atoms. The number of rotatable bonds is 6. The molecule has 128 valence electrons. The number of sulfonamides is 1. The highest BCUT2D eigenvalue weighted by Gasteiger charge is 2.33. The highest BCUT2D eigenvalue weighted by molar-refractivity contribution is 7.89. The molecule has 1 atom stereocenters. The van der Waals surface area contributed by atoms with Crippen molar-refractivity contribution in [3.05, 3.63) is 29.6 Å². The standard InChI is InChI=1S/C15H20F2N2O3S/c1-11-10-12(17)5-6-14(11)19-8-2-4-13(15(19)20)18-23(21,22)9-3-7-16/h5-6,10,13,18H,2-4,7-9H2,1H3/t13-/m0/s1. The number of nitrogens with one attached hydrogen (secondary N) is 1. The molecule has 1 N–H and O–H groups in total. The molecule has 1 amide bonds. The Balaban J connectivity index is 2.15. The molecule has 0 saturated carbocycles. The predicted molar refractivity (Wildman–Crippen MR) is 84.0 cm³/mol. The Kier molecular flexibility index (Phi) is 5.69. The summed E-state index contributed by atoms with van der Waals surface area (Å²) in [4.78, 5) is 14.0. The molecule has 1 heterocycles. The maximum absolute atomic E-state index is 13.2. The van der Waals surface area contributed by atoms with Gasteiger partial charge in [0.1, 0.15) is 11.9 Å². The summed E-state index contributed by atoms with van der Waals surface area (Å²) in [5, 5.41) is 0. The Morgan fingerprint density at radius 1 is 1.39 bits per heavy atom. The summed E-state index contributed by atoms with van der Waals surface area (Å²) in [6, 6.07) is 3.25. The number of aryl methyl sites for hydroxylation is 1. The lowest BCUT2D eigenvalue weighted by molar-refractivity contribution is -0.121. The lowest BCUT2D eigenvalue weighted by Gasteiger charge is -2.33. The van der Waals surface area contributed by atoms with Crippen molar-refractivity contribution in [2.75, 3.05) is 23.9 Å². The Labute approximate surface area is 134 Å². The molecule has 0 unspecified atom stereocenters. The average molecular weight is 346 g/mol. The van der Waals surface area contributed by atoms with Crippen LogP contribution in [0.2, 0.25) is 0 Å². The number of carbonyl (C=O) groups is 1. The van der Waals surface area contributed by atoms with Gasteiger partial charge in [-0.2, -0.15) is 0 Å². The summed E-state index contributed by atoms with van der Waals surface area (Å²) in [5.74, 6) is -1.10. The summed E-state index contributed by atoms with van der Waals surface area (Å²) in [7, 11) is -3.70. The number of hydrogen-bond acceptors (Lipinski definition) is 3. The SMILES string of the molecule is Cc1cc(F)ccc1N1CCC[C@H](NS(=O)(=O)CCCF)C1=O. The second-order valence-corrected chi connectivity index (χ2v) is 7.47. The number of nitrogens with zero attached hydrogens (tertiary/aromatic N) is 1. The van der Waals surface area contributed by atoms with E-state index in [9.17, 15) is 22.0 Å². The second kappa shape index (κ2) is 7.35. The lowest BCUT2D eigenvalue weighted by Crippen LogP contribution is -2.53. The number of carbonyl (C=O) groups excluding carboxylic acids is 1. The first-order valence-electron chi connectivity index (χ1n) is 7.47. The molecule has 1 saturated heterocycles. The summed E-state index contributed by atoms with van der Waals surface area (Å²) < 4.78 is 51.4. The van der Waals surface area contributed by atoms with Gasteiger partial charge in [0.25, 0.3) is 0 Å². The van der Waals surface area contributed by atoms with E-state index < -0.39 is 22.7 Å². The Morgan fingerprint density at radius 2 is 2.13 bits per heavy atom. The molecule has 1 aliphatic heterocycles. The number of amides is 1. The van der Waals surface area contributed by atoms with Crippen LogP contribution >= 0.6 is 0 Å². The van der Waals surface area contributed by atoms with E-state index in [1.165, 1.54) is 23.1 Å². The van der Waals surface area contributed by atoms with Crippen LogP contribution < -0.4 is 9.62 Å². The molecule has 1 aliphatic rings. The Bertz CT molecular complexity index is 679. The van der Waals surface area contributed by atoms with E-state index in [0.29, 0.717) is 30.6 Å². The summed E-state index contributed by atoms with van der Waals surface area (Å²) in [5.41, 5.74) is 1.18. The molecule has 1 aromatic rings. The number of alkyl halides is 1. The molecular formula is C15H20F2N2O3S. The van der Waals surface area contributed by atoms with Crippen LogP contribution in [0.15, 0.2) is 18.2 Å². The van der Waals surface area contributed by atoms with Gasteiger partial charge in [0, 0.05) is 12.2 Å².